The van der Waals surface area contributed by atoms with Crippen molar-refractivity contribution in [3.8, 4) is 5.75 Å². The Labute approximate surface area is 95.4 Å². The molecular formula is C13H16O3. The highest BCUT2D eigenvalue weighted by atomic mass is 16.5. The standard InChI is InChI=1S/C13H16O3/c1-9(14)16-13-5-3-4-10-8-11(15-2)6-7-12(10)13/h6-8,13H,3-5H2,1-2H3. The topological polar surface area (TPSA) is 35.5 Å². The predicted octanol–water partition coefficient (Wildman–Crippen LogP) is 2.64. The number of hydrogen-bond acceptors (Lipinski definition) is 3. The van der Waals surface area contributed by atoms with Gasteiger partial charge in [0, 0.05) is 6.92 Å². The molecule has 0 bridgehead atoms. The van der Waals surface area contributed by atoms with Crippen molar-refractivity contribution in [2.45, 2.75) is 32.3 Å². The van der Waals surface area contributed by atoms with E-state index in [9.17, 15) is 4.79 Å². The smallest absolute Gasteiger partial charge is 0.303 e. The normalized spacial score (nSPS) is 18.8. The maximum Gasteiger partial charge on any atom is 0.303 e. The molecule has 0 heterocycles. The van der Waals surface area contributed by atoms with Crippen LogP contribution in [0.15, 0.2) is 18.2 Å². The lowest BCUT2D eigenvalue weighted by Gasteiger charge is -2.25. The van der Waals surface area contributed by atoms with Crippen LogP contribution in [0.25, 0.3) is 0 Å². The number of aryl methyl sites for hydroxylation is 1. The van der Waals surface area contributed by atoms with Crippen molar-refractivity contribution in [2.75, 3.05) is 7.11 Å². The van der Waals surface area contributed by atoms with E-state index in [0.29, 0.717) is 0 Å². The van der Waals surface area contributed by atoms with Crippen LogP contribution in [0.1, 0.15) is 37.0 Å². The van der Waals surface area contributed by atoms with Gasteiger partial charge in [0.15, 0.2) is 0 Å². The van der Waals surface area contributed by atoms with Crippen LogP contribution < -0.4 is 4.74 Å². The Morgan fingerprint density at radius 3 is 2.94 bits per heavy atom. The summed E-state index contributed by atoms with van der Waals surface area (Å²) in [6.07, 6.45) is 2.92. The van der Waals surface area contributed by atoms with Crippen molar-refractivity contribution in [1.82, 2.24) is 0 Å². The van der Waals surface area contributed by atoms with E-state index in [0.717, 1.165) is 30.6 Å². The molecule has 1 atom stereocenters. The third kappa shape index (κ3) is 2.18. The Hall–Kier alpha value is -1.51. The van der Waals surface area contributed by atoms with Gasteiger partial charge in [0.1, 0.15) is 11.9 Å². The highest BCUT2D eigenvalue weighted by Gasteiger charge is 2.22. The first kappa shape index (κ1) is 11.0. The second-order valence-corrected chi connectivity index (χ2v) is 4.06. The second kappa shape index (κ2) is 4.56. The molecule has 2 rings (SSSR count). The fourth-order valence-electron chi connectivity index (χ4n) is 2.20. The number of fused-ring (bicyclic) bond motifs is 1. The molecule has 0 radical (unpaired) electrons. The van der Waals surface area contributed by atoms with Gasteiger partial charge in [-0.15, -0.1) is 0 Å². The molecule has 0 amide bonds. The minimum absolute atomic E-state index is 0.0767. The summed E-state index contributed by atoms with van der Waals surface area (Å²) in [6, 6.07) is 5.95. The van der Waals surface area contributed by atoms with E-state index >= 15 is 0 Å². The van der Waals surface area contributed by atoms with E-state index in [2.05, 4.69) is 0 Å². The van der Waals surface area contributed by atoms with E-state index in [1.807, 2.05) is 18.2 Å². The lowest BCUT2D eigenvalue weighted by molar-refractivity contribution is -0.147. The van der Waals surface area contributed by atoms with E-state index in [1.165, 1.54) is 12.5 Å². The van der Waals surface area contributed by atoms with E-state index in [1.54, 1.807) is 7.11 Å². The summed E-state index contributed by atoms with van der Waals surface area (Å²) < 4.78 is 10.5. The summed E-state index contributed by atoms with van der Waals surface area (Å²) in [5.41, 5.74) is 2.36. The molecule has 0 saturated carbocycles. The second-order valence-electron chi connectivity index (χ2n) is 4.06. The van der Waals surface area contributed by atoms with Crippen LogP contribution in [0.2, 0.25) is 0 Å². The van der Waals surface area contributed by atoms with Crippen LogP contribution in [-0.4, -0.2) is 13.1 Å². The first-order valence-corrected chi connectivity index (χ1v) is 5.54. The number of methoxy groups -OCH3 is 1. The number of esters is 1. The first-order valence-electron chi connectivity index (χ1n) is 5.54. The summed E-state index contributed by atoms with van der Waals surface area (Å²) in [5, 5.41) is 0. The maximum absolute atomic E-state index is 11.0. The summed E-state index contributed by atoms with van der Waals surface area (Å²) in [4.78, 5) is 11.0. The summed E-state index contributed by atoms with van der Waals surface area (Å²) in [7, 11) is 1.66. The van der Waals surface area contributed by atoms with Gasteiger partial charge in [-0.2, -0.15) is 0 Å². The number of hydrogen-bond donors (Lipinski definition) is 0. The van der Waals surface area contributed by atoms with Crippen LogP contribution >= 0.6 is 0 Å². The third-order valence-corrected chi connectivity index (χ3v) is 2.92. The average Bonchev–Trinajstić information content (AvgIpc) is 2.28. The third-order valence-electron chi connectivity index (χ3n) is 2.92. The molecule has 0 saturated heterocycles. The van der Waals surface area contributed by atoms with Gasteiger partial charge in [0.05, 0.1) is 7.11 Å². The Balaban J connectivity index is 2.28. The molecule has 0 N–H and O–H groups in total. The van der Waals surface area contributed by atoms with E-state index in [4.69, 9.17) is 9.47 Å². The zero-order valence-electron chi connectivity index (χ0n) is 9.66. The van der Waals surface area contributed by atoms with Crippen molar-refractivity contribution in [2.24, 2.45) is 0 Å². The molecule has 0 aromatic heterocycles. The van der Waals surface area contributed by atoms with Gasteiger partial charge in [0.25, 0.3) is 0 Å². The highest BCUT2D eigenvalue weighted by molar-refractivity contribution is 5.66. The Morgan fingerprint density at radius 1 is 1.44 bits per heavy atom. The van der Waals surface area contributed by atoms with Gasteiger partial charge < -0.3 is 9.47 Å². The zero-order chi connectivity index (χ0) is 11.5. The predicted molar refractivity (Wildman–Crippen MR) is 60.4 cm³/mol. The SMILES string of the molecule is COc1ccc2c(c1)CCCC2OC(C)=O. The van der Waals surface area contributed by atoms with Gasteiger partial charge in [-0.1, -0.05) is 6.07 Å². The molecule has 1 aromatic rings. The van der Waals surface area contributed by atoms with E-state index in [-0.39, 0.29) is 12.1 Å². The average molecular weight is 220 g/mol. The van der Waals surface area contributed by atoms with Crippen LogP contribution in [0.4, 0.5) is 0 Å². The minimum Gasteiger partial charge on any atom is -0.497 e. The maximum atomic E-state index is 11.0. The van der Waals surface area contributed by atoms with Gasteiger partial charge >= 0.3 is 5.97 Å². The van der Waals surface area contributed by atoms with Crippen molar-refractivity contribution < 1.29 is 14.3 Å². The molecule has 86 valence electrons. The lowest BCUT2D eigenvalue weighted by atomic mass is 9.89. The molecule has 1 aliphatic rings. The number of carbonyl (C=O) groups is 1. The molecule has 3 nitrogen and oxygen atoms in total. The zero-order valence-corrected chi connectivity index (χ0v) is 9.66. The molecule has 1 unspecified atom stereocenters. The molecule has 0 aliphatic heterocycles. The number of rotatable bonds is 2. The van der Waals surface area contributed by atoms with E-state index < -0.39 is 0 Å². The largest absolute Gasteiger partial charge is 0.497 e. The van der Waals surface area contributed by atoms with Gasteiger partial charge in [-0.05, 0) is 42.5 Å². The van der Waals surface area contributed by atoms with Crippen molar-refractivity contribution in [3.05, 3.63) is 29.3 Å². The van der Waals surface area contributed by atoms with Crippen LogP contribution in [0.3, 0.4) is 0 Å². The molecule has 1 aliphatic carbocycles. The number of carbonyl (C=O) groups excluding carboxylic acids is 1. The van der Waals surface area contributed by atoms with Crippen LogP contribution in [0.5, 0.6) is 5.75 Å². The summed E-state index contributed by atoms with van der Waals surface area (Å²) in [6.45, 7) is 1.46. The van der Waals surface area contributed by atoms with Crippen LogP contribution in [0, 0.1) is 0 Å². The molecule has 0 spiro atoms. The summed E-state index contributed by atoms with van der Waals surface area (Å²) >= 11 is 0. The van der Waals surface area contributed by atoms with Crippen LogP contribution in [-0.2, 0) is 16.0 Å². The number of benzene rings is 1. The molecular weight excluding hydrogens is 204 g/mol. The molecule has 1 aromatic carbocycles. The lowest BCUT2D eigenvalue weighted by Crippen LogP contribution is -2.15. The Kier molecular flexibility index (Phi) is 3.13. The van der Waals surface area contributed by atoms with Gasteiger partial charge in [0.2, 0.25) is 0 Å². The van der Waals surface area contributed by atoms with Gasteiger partial charge in [-0.25, -0.2) is 0 Å². The molecule has 3 heteroatoms. The fraction of sp³-hybridized carbons (Fsp3) is 0.462. The van der Waals surface area contributed by atoms with Crippen molar-refractivity contribution >= 4 is 5.97 Å². The van der Waals surface area contributed by atoms with Gasteiger partial charge in [-0.3, -0.25) is 4.79 Å². The minimum atomic E-state index is -0.214. The molecule has 16 heavy (non-hydrogen) atoms. The monoisotopic (exact) mass is 220 g/mol. The molecule has 0 fully saturated rings. The quantitative estimate of drug-likeness (QED) is 0.719. The van der Waals surface area contributed by atoms with Crippen molar-refractivity contribution in [3.63, 3.8) is 0 Å². The van der Waals surface area contributed by atoms with Crippen molar-refractivity contribution in [1.29, 1.82) is 0 Å². The number of ether oxygens (including phenoxy) is 2. The highest BCUT2D eigenvalue weighted by Crippen LogP contribution is 2.34. The fourth-order valence-corrected chi connectivity index (χ4v) is 2.20. The Morgan fingerprint density at radius 2 is 2.25 bits per heavy atom. The summed E-state index contributed by atoms with van der Waals surface area (Å²) in [5.74, 6) is 0.649. The Bertz CT molecular complexity index is 398. The first-order chi connectivity index (χ1) is 7.70.